The van der Waals surface area contributed by atoms with Crippen LogP contribution in [0.3, 0.4) is 0 Å². The summed E-state index contributed by atoms with van der Waals surface area (Å²) in [6, 6.07) is 1.51. The minimum atomic E-state index is -3.49. The summed E-state index contributed by atoms with van der Waals surface area (Å²) in [5.41, 5.74) is 0.697. The summed E-state index contributed by atoms with van der Waals surface area (Å²) < 4.78 is 27.9. The van der Waals surface area contributed by atoms with E-state index in [2.05, 4.69) is 25.5 Å². The van der Waals surface area contributed by atoms with E-state index < -0.39 is 10.2 Å². The lowest BCUT2D eigenvalue weighted by atomic mass is 10.1. The molecule has 11 heteroatoms. The van der Waals surface area contributed by atoms with E-state index in [4.69, 9.17) is 0 Å². The fourth-order valence-corrected chi connectivity index (χ4v) is 4.90. The van der Waals surface area contributed by atoms with Crippen LogP contribution < -0.4 is 5.32 Å². The zero-order valence-corrected chi connectivity index (χ0v) is 16.9. The third kappa shape index (κ3) is 3.85. The summed E-state index contributed by atoms with van der Waals surface area (Å²) >= 11 is 1.47. The second-order valence-electron chi connectivity index (χ2n) is 6.26. The van der Waals surface area contributed by atoms with Crippen molar-refractivity contribution in [3.05, 3.63) is 22.6 Å². The number of hydrogen-bond acceptors (Lipinski definition) is 8. The van der Waals surface area contributed by atoms with Gasteiger partial charge in [-0.3, -0.25) is 0 Å². The predicted molar refractivity (Wildman–Crippen MR) is 101 cm³/mol. The van der Waals surface area contributed by atoms with Crippen molar-refractivity contribution < 1.29 is 8.42 Å². The molecular weight excluding hydrogens is 374 g/mol. The van der Waals surface area contributed by atoms with Gasteiger partial charge in [0.15, 0.2) is 0 Å². The Morgan fingerprint density at radius 3 is 2.77 bits per heavy atom. The molecule has 9 nitrogen and oxygen atoms in total. The molecule has 1 saturated heterocycles. The van der Waals surface area contributed by atoms with E-state index >= 15 is 0 Å². The summed E-state index contributed by atoms with van der Waals surface area (Å²) in [7, 11) is -0.402. The minimum Gasteiger partial charge on any atom is -0.315 e. The van der Waals surface area contributed by atoms with E-state index in [-0.39, 0.29) is 6.04 Å². The highest BCUT2D eigenvalue weighted by atomic mass is 32.2. The van der Waals surface area contributed by atoms with Crippen LogP contribution in [0.1, 0.15) is 42.3 Å². The van der Waals surface area contributed by atoms with Crippen LogP contribution in [0, 0.1) is 6.92 Å². The number of nitrogens with one attached hydrogen (secondary N) is 1. The van der Waals surface area contributed by atoms with Gasteiger partial charge in [-0.05, 0) is 26.2 Å². The second kappa shape index (κ2) is 7.51. The Morgan fingerprint density at radius 2 is 2.12 bits per heavy atom. The first-order chi connectivity index (χ1) is 12.3. The van der Waals surface area contributed by atoms with Gasteiger partial charge in [0.05, 0.1) is 11.7 Å². The summed E-state index contributed by atoms with van der Waals surface area (Å²) in [6.45, 7) is 4.32. The molecule has 142 valence electrons. The van der Waals surface area contributed by atoms with Crippen molar-refractivity contribution in [3.8, 4) is 0 Å². The molecule has 0 saturated carbocycles. The van der Waals surface area contributed by atoms with Crippen LogP contribution >= 0.6 is 11.3 Å². The van der Waals surface area contributed by atoms with Gasteiger partial charge in [0.25, 0.3) is 10.2 Å². The molecule has 0 amide bonds. The van der Waals surface area contributed by atoms with E-state index in [1.807, 2.05) is 6.92 Å². The Hall–Kier alpha value is -1.69. The molecule has 3 heterocycles. The number of nitrogens with zero attached hydrogens (tertiary/aromatic N) is 6. The van der Waals surface area contributed by atoms with Gasteiger partial charge in [-0.2, -0.15) is 17.0 Å². The molecule has 1 fully saturated rings. The van der Waals surface area contributed by atoms with Crippen molar-refractivity contribution in [2.75, 3.05) is 26.0 Å². The van der Waals surface area contributed by atoms with Crippen LogP contribution in [0.2, 0.25) is 0 Å². The van der Waals surface area contributed by atoms with E-state index in [1.54, 1.807) is 27.1 Å². The molecule has 1 N–H and O–H groups in total. The van der Waals surface area contributed by atoms with Gasteiger partial charge in [0.2, 0.25) is 5.13 Å². The van der Waals surface area contributed by atoms with Crippen molar-refractivity contribution in [3.63, 3.8) is 0 Å². The highest BCUT2D eigenvalue weighted by Crippen LogP contribution is 2.35. The van der Waals surface area contributed by atoms with Crippen LogP contribution in [0.25, 0.3) is 0 Å². The second-order valence-corrected chi connectivity index (χ2v) is 9.42. The van der Waals surface area contributed by atoms with Gasteiger partial charge in [-0.25, -0.2) is 9.97 Å². The highest BCUT2D eigenvalue weighted by Gasteiger charge is 2.37. The van der Waals surface area contributed by atoms with Crippen LogP contribution in [0.5, 0.6) is 0 Å². The van der Waals surface area contributed by atoms with E-state index in [0.717, 1.165) is 24.3 Å². The number of aromatic nitrogens is 4. The number of anilines is 2. The first-order valence-corrected chi connectivity index (χ1v) is 10.7. The summed E-state index contributed by atoms with van der Waals surface area (Å²) in [4.78, 5) is 8.89. The Balaban J connectivity index is 1.89. The van der Waals surface area contributed by atoms with E-state index in [9.17, 15) is 8.42 Å². The molecule has 1 atom stereocenters. The number of rotatable bonds is 6. The van der Waals surface area contributed by atoms with Crippen molar-refractivity contribution >= 4 is 32.5 Å². The predicted octanol–water partition coefficient (Wildman–Crippen LogP) is 1.89. The molecule has 0 unspecified atom stereocenters. The number of hydrogen-bond donors (Lipinski definition) is 1. The van der Waals surface area contributed by atoms with Crippen LogP contribution in [-0.4, -0.2) is 57.8 Å². The van der Waals surface area contributed by atoms with Crippen molar-refractivity contribution in [1.29, 1.82) is 0 Å². The number of aryl methyl sites for hydroxylation is 2. The Morgan fingerprint density at radius 1 is 1.35 bits per heavy atom. The lowest BCUT2D eigenvalue weighted by Crippen LogP contribution is -2.39. The SMILES string of the molecule is CCc1nnc(Nc2cc([C@H]3CCCN3S(=O)(=O)N(C)C)nc(C)n2)s1. The van der Waals surface area contributed by atoms with Crippen LogP contribution in [-0.2, 0) is 16.6 Å². The van der Waals surface area contributed by atoms with Crippen LogP contribution in [0.4, 0.5) is 10.9 Å². The molecule has 2 aromatic heterocycles. The molecule has 0 radical (unpaired) electrons. The van der Waals surface area contributed by atoms with Gasteiger partial charge < -0.3 is 5.32 Å². The third-order valence-electron chi connectivity index (χ3n) is 4.16. The average Bonchev–Trinajstić information content (AvgIpc) is 3.23. The van der Waals surface area contributed by atoms with E-state index in [0.29, 0.717) is 29.0 Å². The quantitative estimate of drug-likeness (QED) is 0.793. The molecule has 1 aliphatic rings. The molecule has 0 aromatic carbocycles. The standard InChI is InChI=1S/C15H23N7O2S2/c1-5-14-19-20-15(25-14)18-13-9-11(16-10(2)17-13)12-7-6-8-22(12)26(23,24)21(3)4/h9,12H,5-8H2,1-4H3,(H,16,17,18,20)/t12-/m1/s1. The normalized spacial score (nSPS) is 18.6. The molecule has 26 heavy (non-hydrogen) atoms. The Kier molecular flexibility index (Phi) is 5.51. The van der Waals surface area contributed by atoms with Gasteiger partial charge >= 0.3 is 0 Å². The largest absolute Gasteiger partial charge is 0.315 e. The fourth-order valence-electron chi connectivity index (χ4n) is 2.90. The first kappa shape index (κ1) is 19.1. The summed E-state index contributed by atoms with van der Waals surface area (Å²) in [5.74, 6) is 1.18. The Bertz CT molecular complexity index is 882. The zero-order chi connectivity index (χ0) is 18.9. The molecule has 0 bridgehead atoms. The van der Waals surface area contributed by atoms with Gasteiger partial charge in [-0.15, -0.1) is 10.2 Å². The summed E-state index contributed by atoms with van der Waals surface area (Å²) in [6.07, 6.45) is 2.37. The van der Waals surface area contributed by atoms with Gasteiger partial charge in [-0.1, -0.05) is 18.3 Å². The maximum atomic E-state index is 12.6. The lowest BCUT2D eigenvalue weighted by molar-refractivity contribution is 0.357. The molecule has 0 spiro atoms. The average molecular weight is 398 g/mol. The molecular formula is C15H23N7O2S2. The maximum Gasteiger partial charge on any atom is 0.282 e. The van der Waals surface area contributed by atoms with Crippen molar-refractivity contribution in [1.82, 2.24) is 28.8 Å². The van der Waals surface area contributed by atoms with Crippen LogP contribution in [0.15, 0.2) is 6.07 Å². The molecule has 0 aliphatic carbocycles. The lowest BCUT2D eigenvalue weighted by Gasteiger charge is -2.26. The Labute approximate surface area is 157 Å². The van der Waals surface area contributed by atoms with Gasteiger partial charge in [0, 0.05) is 26.7 Å². The van der Waals surface area contributed by atoms with Gasteiger partial charge in [0.1, 0.15) is 16.6 Å². The molecule has 3 rings (SSSR count). The van der Waals surface area contributed by atoms with Crippen molar-refractivity contribution in [2.45, 2.75) is 39.2 Å². The molecule has 1 aliphatic heterocycles. The summed E-state index contributed by atoms with van der Waals surface area (Å²) in [5, 5.41) is 12.9. The highest BCUT2D eigenvalue weighted by molar-refractivity contribution is 7.86. The monoisotopic (exact) mass is 397 g/mol. The molecule has 2 aromatic rings. The zero-order valence-electron chi connectivity index (χ0n) is 15.3. The maximum absolute atomic E-state index is 12.6. The third-order valence-corrected chi connectivity index (χ3v) is 7.10. The topological polar surface area (TPSA) is 104 Å². The smallest absolute Gasteiger partial charge is 0.282 e. The van der Waals surface area contributed by atoms with Crippen molar-refractivity contribution in [2.24, 2.45) is 0 Å². The minimum absolute atomic E-state index is 0.287. The first-order valence-electron chi connectivity index (χ1n) is 8.45. The fraction of sp³-hybridized carbons (Fsp3) is 0.600. The van der Waals surface area contributed by atoms with E-state index in [1.165, 1.54) is 19.9 Å².